The van der Waals surface area contributed by atoms with E-state index in [0.29, 0.717) is 11.4 Å². The summed E-state index contributed by atoms with van der Waals surface area (Å²) >= 11 is 3.55. The Morgan fingerprint density at radius 2 is 1.67 bits per heavy atom. The summed E-state index contributed by atoms with van der Waals surface area (Å²) in [6, 6.07) is 22.3. The first kappa shape index (κ1) is 21.7. The van der Waals surface area contributed by atoms with Crippen molar-refractivity contribution in [2.75, 3.05) is 17.1 Å². The third kappa shape index (κ3) is 3.61. The van der Waals surface area contributed by atoms with Crippen molar-refractivity contribution in [1.29, 1.82) is 0 Å². The molecule has 6 nitrogen and oxygen atoms in total. The first-order valence-electron chi connectivity index (χ1n) is 10.8. The van der Waals surface area contributed by atoms with Gasteiger partial charge in [0.1, 0.15) is 11.7 Å². The van der Waals surface area contributed by atoms with Gasteiger partial charge >= 0.3 is 0 Å². The zero-order valence-electron chi connectivity index (χ0n) is 18.3. The number of ether oxygens (including phenoxy) is 1. The fraction of sp³-hybridized carbons (Fsp3) is 0.231. The highest BCUT2D eigenvalue weighted by molar-refractivity contribution is 9.10. The lowest BCUT2D eigenvalue weighted by atomic mass is 9.90. The summed E-state index contributed by atoms with van der Waals surface area (Å²) in [7, 11) is 1.60. The summed E-state index contributed by atoms with van der Waals surface area (Å²) in [5.74, 6) is -0.592. The second kappa shape index (κ2) is 8.65. The van der Waals surface area contributed by atoms with E-state index in [4.69, 9.17) is 9.57 Å². The molecule has 0 radical (unpaired) electrons. The number of para-hydroxylation sites is 1. The molecule has 2 amide bonds. The third-order valence-corrected chi connectivity index (χ3v) is 6.87. The van der Waals surface area contributed by atoms with Crippen molar-refractivity contribution in [2.24, 2.45) is 5.92 Å². The number of nitrogens with zero attached hydrogens (tertiary/aromatic N) is 2. The molecule has 2 saturated heterocycles. The van der Waals surface area contributed by atoms with Crippen molar-refractivity contribution in [1.82, 2.24) is 0 Å². The standard InChI is InChI=1S/C26H23BrN2O4/c1-3-16-9-12-18(13-10-16)28-25(30)22-23(17-11-14-21(32-2)20(27)15-17)29(33-24(22)26(28)31)19-7-5-4-6-8-19/h4-15,22-24H,3H2,1-2H3/t22-,23-,24-/m1/s1. The quantitative estimate of drug-likeness (QED) is 0.452. The normalized spacial score (nSPS) is 22.1. The number of carbonyl (C=O) groups is 2. The van der Waals surface area contributed by atoms with Crippen molar-refractivity contribution >= 4 is 39.1 Å². The van der Waals surface area contributed by atoms with E-state index in [2.05, 4.69) is 22.9 Å². The summed E-state index contributed by atoms with van der Waals surface area (Å²) in [5.41, 5.74) is 3.35. The van der Waals surface area contributed by atoms with Gasteiger partial charge in [0.05, 0.1) is 29.0 Å². The molecule has 7 heteroatoms. The summed E-state index contributed by atoms with van der Waals surface area (Å²) in [6.45, 7) is 2.06. The van der Waals surface area contributed by atoms with Crippen LogP contribution in [0, 0.1) is 5.92 Å². The zero-order chi connectivity index (χ0) is 23.1. The first-order valence-corrected chi connectivity index (χ1v) is 11.6. The van der Waals surface area contributed by atoms with E-state index < -0.39 is 18.1 Å². The maximum absolute atomic E-state index is 13.7. The number of hydroxylamine groups is 1. The van der Waals surface area contributed by atoms with E-state index >= 15 is 0 Å². The predicted octanol–water partition coefficient (Wildman–Crippen LogP) is 5.07. The maximum atomic E-state index is 13.7. The summed E-state index contributed by atoms with van der Waals surface area (Å²) in [4.78, 5) is 34.5. The van der Waals surface area contributed by atoms with Crippen LogP contribution in [0.4, 0.5) is 11.4 Å². The molecular formula is C26H23BrN2O4. The number of halogens is 1. The molecule has 2 fully saturated rings. The predicted molar refractivity (Wildman–Crippen MR) is 129 cm³/mol. The van der Waals surface area contributed by atoms with Crippen LogP contribution in [-0.2, 0) is 20.8 Å². The Bertz CT molecular complexity index is 1200. The number of methoxy groups -OCH3 is 1. The molecule has 2 heterocycles. The monoisotopic (exact) mass is 506 g/mol. The molecule has 33 heavy (non-hydrogen) atoms. The average molecular weight is 507 g/mol. The molecule has 0 saturated carbocycles. The van der Waals surface area contributed by atoms with Gasteiger partial charge in [-0.1, -0.05) is 43.3 Å². The van der Waals surface area contributed by atoms with Crippen LogP contribution in [0.2, 0.25) is 0 Å². The number of aryl methyl sites for hydroxylation is 1. The number of benzene rings is 3. The van der Waals surface area contributed by atoms with Crippen molar-refractivity contribution in [3.63, 3.8) is 0 Å². The van der Waals surface area contributed by atoms with Gasteiger partial charge in [0.15, 0.2) is 6.10 Å². The van der Waals surface area contributed by atoms with Crippen LogP contribution in [0.1, 0.15) is 24.1 Å². The Morgan fingerprint density at radius 1 is 0.939 bits per heavy atom. The number of carbonyl (C=O) groups excluding carboxylic acids is 2. The molecule has 2 aliphatic rings. The van der Waals surface area contributed by atoms with Gasteiger partial charge in [0.2, 0.25) is 5.91 Å². The van der Waals surface area contributed by atoms with Gasteiger partial charge < -0.3 is 4.74 Å². The van der Waals surface area contributed by atoms with Gasteiger partial charge in [-0.25, -0.2) is 9.96 Å². The molecule has 0 spiro atoms. The number of hydrogen-bond donors (Lipinski definition) is 0. The zero-order valence-corrected chi connectivity index (χ0v) is 19.9. The van der Waals surface area contributed by atoms with Gasteiger partial charge in [-0.05, 0) is 69.9 Å². The molecule has 0 unspecified atom stereocenters. The Hall–Kier alpha value is -3.16. The number of anilines is 2. The largest absolute Gasteiger partial charge is 0.496 e. The fourth-order valence-electron chi connectivity index (χ4n) is 4.55. The smallest absolute Gasteiger partial charge is 0.266 e. The maximum Gasteiger partial charge on any atom is 0.266 e. The van der Waals surface area contributed by atoms with Gasteiger partial charge in [-0.2, -0.15) is 0 Å². The summed E-state index contributed by atoms with van der Waals surface area (Å²) < 4.78 is 6.14. The Labute approximate surface area is 200 Å². The molecule has 3 aromatic carbocycles. The number of hydrogen-bond acceptors (Lipinski definition) is 5. The second-order valence-corrected chi connectivity index (χ2v) is 8.94. The molecule has 0 bridgehead atoms. The van der Waals surface area contributed by atoms with Gasteiger partial charge in [-0.15, -0.1) is 0 Å². The molecule has 168 valence electrons. The molecule has 3 aromatic rings. The average Bonchev–Trinajstić information content (AvgIpc) is 3.35. The minimum absolute atomic E-state index is 0.260. The molecule has 0 N–H and O–H groups in total. The van der Waals surface area contributed by atoms with Crippen LogP contribution in [0.5, 0.6) is 5.75 Å². The lowest BCUT2D eigenvalue weighted by molar-refractivity contribution is -0.126. The van der Waals surface area contributed by atoms with E-state index in [-0.39, 0.29) is 11.8 Å². The van der Waals surface area contributed by atoms with Crippen LogP contribution in [0.3, 0.4) is 0 Å². The van der Waals surface area contributed by atoms with E-state index in [1.165, 1.54) is 4.90 Å². The highest BCUT2D eigenvalue weighted by Gasteiger charge is 2.60. The Morgan fingerprint density at radius 3 is 2.30 bits per heavy atom. The number of amides is 2. The first-order chi connectivity index (χ1) is 16.0. The van der Waals surface area contributed by atoms with Crippen LogP contribution < -0.4 is 14.7 Å². The molecule has 0 aromatic heterocycles. The van der Waals surface area contributed by atoms with E-state index in [1.807, 2.05) is 72.8 Å². The fourth-order valence-corrected chi connectivity index (χ4v) is 5.11. The highest BCUT2D eigenvalue weighted by Crippen LogP contribution is 2.48. The molecule has 5 rings (SSSR count). The number of imide groups is 1. The van der Waals surface area contributed by atoms with Gasteiger partial charge in [0, 0.05) is 0 Å². The van der Waals surface area contributed by atoms with Crippen molar-refractivity contribution in [3.05, 3.63) is 88.4 Å². The minimum Gasteiger partial charge on any atom is -0.496 e. The second-order valence-electron chi connectivity index (χ2n) is 8.08. The lowest BCUT2D eigenvalue weighted by Gasteiger charge is -2.29. The van der Waals surface area contributed by atoms with E-state index in [0.717, 1.165) is 27.7 Å². The van der Waals surface area contributed by atoms with E-state index in [9.17, 15) is 9.59 Å². The molecule has 3 atom stereocenters. The molecular weight excluding hydrogens is 484 g/mol. The topological polar surface area (TPSA) is 59.1 Å². The minimum atomic E-state index is -0.894. The number of fused-ring (bicyclic) bond motifs is 1. The van der Waals surface area contributed by atoms with Crippen LogP contribution >= 0.6 is 15.9 Å². The Kier molecular flexibility index (Phi) is 5.68. The van der Waals surface area contributed by atoms with Crippen LogP contribution in [0.25, 0.3) is 0 Å². The van der Waals surface area contributed by atoms with Crippen molar-refractivity contribution in [3.8, 4) is 5.75 Å². The highest BCUT2D eigenvalue weighted by atomic mass is 79.9. The van der Waals surface area contributed by atoms with Crippen LogP contribution in [0.15, 0.2) is 77.3 Å². The SMILES string of the molecule is CCc1ccc(N2C(=O)[C@@H]3[C@@H](c4ccc(OC)c(Br)c4)N(c4ccccc4)O[C@H]3C2=O)cc1. The lowest BCUT2D eigenvalue weighted by Crippen LogP contribution is -2.37. The van der Waals surface area contributed by atoms with Crippen molar-refractivity contribution < 1.29 is 19.2 Å². The summed E-state index contributed by atoms with van der Waals surface area (Å²) in [6.07, 6.45) is -0.00814. The molecule has 0 aliphatic carbocycles. The Balaban J connectivity index is 1.57. The third-order valence-electron chi connectivity index (χ3n) is 6.25. The van der Waals surface area contributed by atoms with Crippen LogP contribution in [-0.4, -0.2) is 25.0 Å². The number of rotatable bonds is 5. The van der Waals surface area contributed by atoms with E-state index in [1.54, 1.807) is 12.2 Å². The van der Waals surface area contributed by atoms with Gasteiger partial charge in [0.25, 0.3) is 5.91 Å². The summed E-state index contributed by atoms with van der Waals surface area (Å²) in [5, 5.41) is 1.69. The van der Waals surface area contributed by atoms with Gasteiger partial charge in [-0.3, -0.25) is 14.4 Å². The molecule has 2 aliphatic heterocycles. The van der Waals surface area contributed by atoms with Crippen molar-refractivity contribution in [2.45, 2.75) is 25.5 Å².